The van der Waals surface area contributed by atoms with Crippen molar-refractivity contribution >= 4 is 12.4 Å². The van der Waals surface area contributed by atoms with Gasteiger partial charge in [0, 0.05) is 6.42 Å². The molecular formula is C15H19ClN4O. The Morgan fingerprint density at radius 3 is 2.86 bits per heavy atom. The lowest BCUT2D eigenvalue weighted by Gasteiger charge is -2.24. The van der Waals surface area contributed by atoms with Crippen LogP contribution in [0.1, 0.15) is 24.5 Å². The number of nitrogens with one attached hydrogen (secondary N) is 1. The first-order chi connectivity index (χ1) is 9.92. The summed E-state index contributed by atoms with van der Waals surface area (Å²) in [4.78, 5) is 0. The average molecular weight is 307 g/mol. The average Bonchev–Trinajstić information content (AvgIpc) is 2.92. The van der Waals surface area contributed by atoms with Crippen molar-refractivity contribution in [2.45, 2.75) is 25.9 Å². The summed E-state index contributed by atoms with van der Waals surface area (Å²) >= 11 is 0. The van der Waals surface area contributed by atoms with Crippen LogP contribution in [0.15, 0.2) is 24.3 Å². The summed E-state index contributed by atoms with van der Waals surface area (Å²) in [6.07, 6.45) is 3.45. The molecule has 5 nitrogen and oxygen atoms in total. The summed E-state index contributed by atoms with van der Waals surface area (Å²) in [7, 11) is 0. The SMILES string of the molecule is Cl.c1ccc2c(c1)OCc1nnc(CC3CCNCC3)n1-2. The third-order valence-corrected chi connectivity index (χ3v) is 4.19. The van der Waals surface area contributed by atoms with Crippen LogP contribution < -0.4 is 10.1 Å². The van der Waals surface area contributed by atoms with Crippen molar-refractivity contribution in [1.29, 1.82) is 0 Å². The second-order valence-corrected chi connectivity index (χ2v) is 5.52. The molecule has 2 aromatic rings. The summed E-state index contributed by atoms with van der Waals surface area (Å²) in [5.41, 5.74) is 1.07. The molecule has 0 radical (unpaired) electrons. The number of rotatable bonds is 2. The second kappa shape index (κ2) is 6.03. The van der Waals surface area contributed by atoms with E-state index in [1.807, 2.05) is 18.2 Å². The van der Waals surface area contributed by atoms with Crippen LogP contribution in [0.3, 0.4) is 0 Å². The minimum Gasteiger partial charge on any atom is -0.483 e. The van der Waals surface area contributed by atoms with E-state index in [9.17, 15) is 0 Å². The van der Waals surface area contributed by atoms with Gasteiger partial charge in [0.15, 0.2) is 5.82 Å². The van der Waals surface area contributed by atoms with Gasteiger partial charge in [-0.15, -0.1) is 22.6 Å². The zero-order valence-electron chi connectivity index (χ0n) is 11.8. The molecule has 0 bridgehead atoms. The van der Waals surface area contributed by atoms with Crippen molar-refractivity contribution in [3.05, 3.63) is 35.9 Å². The molecule has 1 fully saturated rings. The van der Waals surface area contributed by atoms with Crippen LogP contribution in [0.25, 0.3) is 5.69 Å². The highest BCUT2D eigenvalue weighted by Gasteiger charge is 2.24. The number of hydrogen-bond donors (Lipinski definition) is 1. The molecule has 1 saturated heterocycles. The number of nitrogens with zero attached hydrogens (tertiary/aromatic N) is 3. The molecule has 0 aliphatic carbocycles. The minimum atomic E-state index is 0. The number of ether oxygens (including phenoxy) is 1. The molecule has 0 amide bonds. The van der Waals surface area contributed by atoms with Gasteiger partial charge in [-0.2, -0.15) is 0 Å². The molecule has 0 spiro atoms. The normalized spacial score (nSPS) is 17.3. The molecule has 1 aromatic carbocycles. The molecular weight excluding hydrogens is 288 g/mol. The Morgan fingerprint density at radius 2 is 2.00 bits per heavy atom. The molecule has 2 aliphatic heterocycles. The fourth-order valence-corrected chi connectivity index (χ4v) is 3.11. The van der Waals surface area contributed by atoms with Crippen molar-refractivity contribution < 1.29 is 4.74 Å². The molecule has 0 atom stereocenters. The highest BCUT2D eigenvalue weighted by Crippen LogP contribution is 2.30. The van der Waals surface area contributed by atoms with Gasteiger partial charge in [0.25, 0.3) is 0 Å². The minimum absolute atomic E-state index is 0. The number of aromatic nitrogens is 3. The fraction of sp³-hybridized carbons (Fsp3) is 0.467. The molecule has 1 N–H and O–H groups in total. The lowest BCUT2D eigenvalue weighted by Crippen LogP contribution is -2.29. The number of fused-ring (bicyclic) bond motifs is 3. The molecule has 4 rings (SSSR count). The fourth-order valence-electron chi connectivity index (χ4n) is 3.11. The Kier molecular flexibility index (Phi) is 4.12. The Morgan fingerprint density at radius 1 is 1.19 bits per heavy atom. The van der Waals surface area contributed by atoms with Crippen LogP contribution in [-0.4, -0.2) is 27.9 Å². The van der Waals surface area contributed by atoms with Crippen LogP contribution in [0.2, 0.25) is 0 Å². The van der Waals surface area contributed by atoms with Gasteiger partial charge in [0.1, 0.15) is 18.2 Å². The summed E-state index contributed by atoms with van der Waals surface area (Å²) in [6, 6.07) is 8.12. The molecule has 21 heavy (non-hydrogen) atoms. The van der Waals surface area contributed by atoms with Gasteiger partial charge in [-0.25, -0.2) is 0 Å². The lowest BCUT2D eigenvalue weighted by molar-refractivity contribution is 0.277. The zero-order valence-corrected chi connectivity index (χ0v) is 12.6. The maximum atomic E-state index is 5.72. The summed E-state index contributed by atoms with van der Waals surface area (Å²) in [6.45, 7) is 2.74. The van der Waals surface area contributed by atoms with Gasteiger partial charge in [-0.05, 0) is 44.0 Å². The van der Waals surface area contributed by atoms with E-state index in [0.717, 1.165) is 42.6 Å². The Labute approximate surface area is 130 Å². The summed E-state index contributed by atoms with van der Waals surface area (Å²) in [5, 5.41) is 12.1. The van der Waals surface area contributed by atoms with Crippen LogP contribution in [0, 0.1) is 5.92 Å². The Balaban J connectivity index is 0.00000132. The van der Waals surface area contributed by atoms with Gasteiger partial charge >= 0.3 is 0 Å². The maximum Gasteiger partial charge on any atom is 0.175 e. The summed E-state index contributed by atoms with van der Waals surface area (Å²) in [5.74, 6) is 3.61. The van der Waals surface area contributed by atoms with E-state index < -0.39 is 0 Å². The number of benzene rings is 1. The van der Waals surface area contributed by atoms with E-state index in [1.165, 1.54) is 12.8 Å². The Bertz CT molecular complexity index is 622. The van der Waals surface area contributed by atoms with Gasteiger partial charge in [0.05, 0.1) is 5.69 Å². The third kappa shape index (κ3) is 2.63. The highest BCUT2D eigenvalue weighted by atomic mass is 35.5. The third-order valence-electron chi connectivity index (χ3n) is 4.19. The van der Waals surface area contributed by atoms with Gasteiger partial charge < -0.3 is 10.1 Å². The van der Waals surface area contributed by atoms with E-state index in [1.54, 1.807) is 0 Å². The monoisotopic (exact) mass is 306 g/mol. The molecule has 3 heterocycles. The van der Waals surface area contributed by atoms with Crippen LogP contribution >= 0.6 is 12.4 Å². The summed E-state index contributed by atoms with van der Waals surface area (Å²) < 4.78 is 7.90. The number of piperidine rings is 1. The predicted molar refractivity (Wildman–Crippen MR) is 82.2 cm³/mol. The van der Waals surface area contributed by atoms with Gasteiger partial charge in [-0.3, -0.25) is 4.57 Å². The van der Waals surface area contributed by atoms with Gasteiger partial charge in [0.2, 0.25) is 0 Å². The predicted octanol–water partition coefficient (Wildman–Crippen LogP) is 2.12. The maximum absolute atomic E-state index is 5.72. The quantitative estimate of drug-likeness (QED) is 0.923. The molecule has 1 aromatic heterocycles. The van der Waals surface area contributed by atoms with Crippen molar-refractivity contribution in [1.82, 2.24) is 20.1 Å². The molecule has 6 heteroatoms. The number of para-hydroxylation sites is 2. The zero-order chi connectivity index (χ0) is 13.4. The molecule has 0 unspecified atom stereocenters. The first kappa shape index (κ1) is 14.4. The van der Waals surface area contributed by atoms with E-state index in [0.29, 0.717) is 12.5 Å². The topological polar surface area (TPSA) is 52.0 Å². The first-order valence-corrected chi connectivity index (χ1v) is 7.28. The van der Waals surface area contributed by atoms with E-state index in [4.69, 9.17) is 4.74 Å². The van der Waals surface area contributed by atoms with Crippen molar-refractivity contribution in [2.24, 2.45) is 5.92 Å². The van der Waals surface area contributed by atoms with E-state index in [-0.39, 0.29) is 12.4 Å². The Hall–Kier alpha value is -1.59. The lowest BCUT2D eigenvalue weighted by atomic mass is 9.94. The molecule has 0 saturated carbocycles. The van der Waals surface area contributed by atoms with Gasteiger partial charge in [-0.1, -0.05) is 12.1 Å². The van der Waals surface area contributed by atoms with E-state index in [2.05, 4.69) is 26.1 Å². The largest absolute Gasteiger partial charge is 0.483 e. The number of hydrogen-bond acceptors (Lipinski definition) is 4. The van der Waals surface area contributed by atoms with E-state index >= 15 is 0 Å². The smallest absolute Gasteiger partial charge is 0.175 e. The standard InChI is InChI=1S/C15H18N4O.ClH/c1-2-4-13-12(3-1)19-14(17-18-15(19)10-20-13)9-11-5-7-16-8-6-11;/h1-4,11,16H,5-10H2;1H. The number of halogens is 1. The van der Waals surface area contributed by atoms with Crippen LogP contribution in [-0.2, 0) is 13.0 Å². The first-order valence-electron chi connectivity index (χ1n) is 7.28. The molecule has 2 aliphatic rings. The van der Waals surface area contributed by atoms with Crippen molar-refractivity contribution in [3.8, 4) is 11.4 Å². The second-order valence-electron chi connectivity index (χ2n) is 5.52. The van der Waals surface area contributed by atoms with Crippen molar-refractivity contribution in [2.75, 3.05) is 13.1 Å². The molecule has 112 valence electrons. The van der Waals surface area contributed by atoms with Crippen molar-refractivity contribution in [3.63, 3.8) is 0 Å². The highest BCUT2D eigenvalue weighted by molar-refractivity contribution is 5.85. The van der Waals surface area contributed by atoms with Crippen LogP contribution in [0.5, 0.6) is 5.75 Å². The van der Waals surface area contributed by atoms with Crippen LogP contribution in [0.4, 0.5) is 0 Å².